The summed E-state index contributed by atoms with van der Waals surface area (Å²) in [6.07, 6.45) is -2.85. The van der Waals surface area contributed by atoms with E-state index in [4.69, 9.17) is 0 Å². The van der Waals surface area contributed by atoms with E-state index in [1.807, 2.05) is 0 Å². The van der Waals surface area contributed by atoms with Crippen LogP contribution in [0.1, 0.15) is 5.56 Å². The van der Waals surface area contributed by atoms with Crippen molar-refractivity contribution in [1.82, 2.24) is 4.72 Å². The highest BCUT2D eigenvalue weighted by Gasteiger charge is 2.24. The van der Waals surface area contributed by atoms with Crippen molar-refractivity contribution >= 4 is 21.4 Å². The SMILES string of the molecule is CNc1cc(C)c(S(=O)(=O)NCC(F)F)cc1[N+](=O)[O-]. The zero-order valence-electron chi connectivity index (χ0n) is 10.7. The van der Waals surface area contributed by atoms with Crippen molar-refractivity contribution in [3.8, 4) is 0 Å². The molecule has 1 rings (SSSR count). The van der Waals surface area contributed by atoms with Gasteiger partial charge in [-0.05, 0) is 18.6 Å². The van der Waals surface area contributed by atoms with Crippen molar-refractivity contribution < 1.29 is 22.1 Å². The Kier molecular flexibility index (Phi) is 4.95. The van der Waals surface area contributed by atoms with Crippen LogP contribution >= 0.6 is 0 Å². The lowest BCUT2D eigenvalue weighted by molar-refractivity contribution is -0.384. The van der Waals surface area contributed by atoms with E-state index in [9.17, 15) is 27.3 Å². The fraction of sp³-hybridized carbons (Fsp3) is 0.400. The smallest absolute Gasteiger partial charge is 0.293 e. The van der Waals surface area contributed by atoms with Crippen molar-refractivity contribution in [2.75, 3.05) is 18.9 Å². The van der Waals surface area contributed by atoms with Crippen molar-refractivity contribution in [3.63, 3.8) is 0 Å². The van der Waals surface area contributed by atoms with Crippen molar-refractivity contribution in [3.05, 3.63) is 27.8 Å². The third-order valence-electron chi connectivity index (χ3n) is 2.48. The van der Waals surface area contributed by atoms with Crippen molar-refractivity contribution in [2.24, 2.45) is 0 Å². The summed E-state index contributed by atoms with van der Waals surface area (Å²) in [5, 5.41) is 13.4. The molecule has 0 saturated carbocycles. The number of nitro benzene ring substituents is 1. The first-order valence-electron chi connectivity index (χ1n) is 5.43. The molecule has 0 unspecified atom stereocenters. The van der Waals surface area contributed by atoms with E-state index in [0.717, 1.165) is 6.07 Å². The molecular formula is C10H13F2N3O4S. The summed E-state index contributed by atoms with van der Waals surface area (Å²) in [7, 11) is -2.78. The number of aryl methyl sites for hydroxylation is 1. The maximum atomic E-state index is 12.1. The molecule has 0 aliphatic rings. The number of hydrogen-bond donors (Lipinski definition) is 2. The van der Waals surface area contributed by atoms with Crippen LogP contribution in [0.5, 0.6) is 0 Å². The van der Waals surface area contributed by atoms with Gasteiger partial charge in [0.2, 0.25) is 10.0 Å². The fourth-order valence-corrected chi connectivity index (χ4v) is 2.82. The topological polar surface area (TPSA) is 101 Å². The highest BCUT2D eigenvalue weighted by molar-refractivity contribution is 7.89. The number of hydrogen-bond acceptors (Lipinski definition) is 5. The minimum absolute atomic E-state index is 0.139. The van der Waals surface area contributed by atoms with Crippen molar-refractivity contribution in [1.29, 1.82) is 0 Å². The lowest BCUT2D eigenvalue weighted by atomic mass is 10.2. The molecule has 0 fully saturated rings. The molecule has 7 nitrogen and oxygen atoms in total. The van der Waals surface area contributed by atoms with E-state index in [2.05, 4.69) is 5.32 Å². The molecule has 0 aliphatic carbocycles. The molecule has 0 spiro atoms. The molecule has 2 N–H and O–H groups in total. The van der Waals surface area contributed by atoms with Gasteiger partial charge in [0.25, 0.3) is 12.1 Å². The van der Waals surface area contributed by atoms with E-state index in [1.165, 1.54) is 20.0 Å². The molecule has 0 heterocycles. The maximum Gasteiger partial charge on any atom is 0.293 e. The number of rotatable bonds is 6. The zero-order valence-corrected chi connectivity index (χ0v) is 11.5. The Morgan fingerprint density at radius 2 is 2.00 bits per heavy atom. The molecule has 0 bridgehead atoms. The fourth-order valence-electron chi connectivity index (χ4n) is 1.57. The second-order valence-corrected chi connectivity index (χ2v) is 5.62. The molecule has 0 aliphatic heterocycles. The van der Waals surface area contributed by atoms with E-state index >= 15 is 0 Å². The van der Waals surface area contributed by atoms with Gasteiger partial charge in [-0.3, -0.25) is 10.1 Å². The van der Waals surface area contributed by atoms with Gasteiger partial charge in [0.05, 0.1) is 16.4 Å². The van der Waals surface area contributed by atoms with Crippen LogP contribution in [-0.2, 0) is 10.0 Å². The van der Waals surface area contributed by atoms with Crippen LogP contribution in [0.3, 0.4) is 0 Å². The van der Waals surface area contributed by atoms with E-state index in [1.54, 1.807) is 4.72 Å². The minimum atomic E-state index is -4.23. The summed E-state index contributed by atoms with van der Waals surface area (Å²) >= 11 is 0. The molecular weight excluding hydrogens is 296 g/mol. The molecule has 0 atom stereocenters. The summed E-state index contributed by atoms with van der Waals surface area (Å²) in [6, 6.07) is 2.12. The number of nitrogens with zero attached hydrogens (tertiary/aromatic N) is 1. The Morgan fingerprint density at radius 3 is 2.45 bits per heavy atom. The van der Waals surface area contributed by atoms with Gasteiger partial charge in [-0.1, -0.05) is 0 Å². The second kappa shape index (κ2) is 6.09. The van der Waals surface area contributed by atoms with Gasteiger partial charge in [0, 0.05) is 13.1 Å². The number of alkyl halides is 2. The van der Waals surface area contributed by atoms with Gasteiger partial charge in [-0.15, -0.1) is 0 Å². The van der Waals surface area contributed by atoms with Gasteiger partial charge in [-0.25, -0.2) is 21.9 Å². The molecule has 0 saturated heterocycles. The minimum Gasteiger partial charge on any atom is -0.383 e. The summed E-state index contributed by atoms with van der Waals surface area (Å²) in [5.41, 5.74) is -0.0995. The van der Waals surface area contributed by atoms with Gasteiger partial charge >= 0.3 is 0 Å². The van der Waals surface area contributed by atoms with Crippen LogP contribution in [0.25, 0.3) is 0 Å². The second-order valence-electron chi connectivity index (χ2n) is 3.88. The van der Waals surface area contributed by atoms with Crippen LogP contribution in [0.4, 0.5) is 20.2 Å². The summed E-state index contributed by atoms with van der Waals surface area (Å²) in [6.45, 7) is 0.366. The number of sulfonamides is 1. The first-order valence-corrected chi connectivity index (χ1v) is 6.92. The number of benzene rings is 1. The third-order valence-corrected chi connectivity index (χ3v) is 4.04. The highest BCUT2D eigenvalue weighted by Crippen LogP contribution is 2.30. The van der Waals surface area contributed by atoms with Gasteiger partial charge in [-0.2, -0.15) is 0 Å². The van der Waals surface area contributed by atoms with E-state index in [-0.39, 0.29) is 11.3 Å². The number of nitro groups is 1. The molecule has 20 heavy (non-hydrogen) atoms. The molecule has 0 amide bonds. The first-order chi connectivity index (χ1) is 9.19. The largest absolute Gasteiger partial charge is 0.383 e. The normalized spacial score (nSPS) is 11.7. The molecule has 0 radical (unpaired) electrons. The summed E-state index contributed by atoms with van der Waals surface area (Å²) < 4.78 is 49.5. The standard InChI is InChI=1S/C10H13F2N3O4S/c1-6-3-7(13-2)8(15(16)17)4-9(6)20(18,19)14-5-10(11)12/h3-4,10,13-14H,5H2,1-2H3. The third kappa shape index (κ3) is 3.61. The monoisotopic (exact) mass is 309 g/mol. The van der Waals surface area contributed by atoms with Crippen LogP contribution in [-0.4, -0.2) is 33.4 Å². The predicted molar refractivity (Wildman–Crippen MR) is 68.6 cm³/mol. The van der Waals surface area contributed by atoms with Gasteiger partial charge in [0.1, 0.15) is 5.69 Å². The molecule has 10 heteroatoms. The molecule has 0 aromatic heterocycles. The summed E-state index contributed by atoms with van der Waals surface area (Å²) in [4.78, 5) is 9.72. The molecule has 1 aromatic rings. The summed E-state index contributed by atoms with van der Waals surface area (Å²) in [5.74, 6) is 0. The van der Waals surface area contributed by atoms with Gasteiger partial charge < -0.3 is 5.32 Å². The number of halogens is 2. The Labute approximate surface area is 114 Å². The van der Waals surface area contributed by atoms with Crippen molar-refractivity contribution in [2.45, 2.75) is 18.2 Å². The first kappa shape index (κ1) is 16.2. The van der Waals surface area contributed by atoms with Crippen LogP contribution in [0, 0.1) is 17.0 Å². The van der Waals surface area contributed by atoms with Gasteiger partial charge in [0.15, 0.2) is 0 Å². The molecule has 1 aromatic carbocycles. The Morgan fingerprint density at radius 1 is 1.40 bits per heavy atom. The Balaban J connectivity index is 3.31. The average Bonchev–Trinajstić information content (AvgIpc) is 2.35. The lowest BCUT2D eigenvalue weighted by Gasteiger charge is -2.11. The Hall–Kier alpha value is -1.81. The maximum absolute atomic E-state index is 12.1. The Bertz CT molecular complexity index is 619. The molecule has 112 valence electrons. The van der Waals surface area contributed by atoms with E-state index < -0.39 is 38.5 Å². The van der Waals surface area contributed by atoms with Crippen LogP contribution in [0.15, 0.2) is 17.0 Å². The van der Waals surface area contributed by atoms with Crippen LogP contribution < -0.4 is 10.0 Å². The number of anilines is 1. The van der Waals surface area contributed by atoms with E-state index in [0.29, 0.717) is 0 Å². The lowest BCUT2D eigenvalue weighted by Crippen LogP contribution is -2.29. The number of nitrogens with one attached hydrogen (secondary N) is 2. The van der Waals surface area contributed by atoms with Crippen LogP contribution in [0.2, 0.25) is 0 Å². The quantitative estimate of drug-likeness (QED) is 0.612. The average molecular weight is 309 g/mol. The zero-order chi connectivity index (χ0) is 15.5. The highest BCUT2D eigenvalue weighted by atomic mass is 32.2. The predicted octanol–water partition coefficient (Wildman–Crippen LogP) is 1.49.